The molecule has 2 N–H and O–H groups in total. The maximum atomic E-state index is 12.9. The summed E-state index contributed by atoms with van der Waals surface area (Å²) in [6.45, 7) is 0.328. The summed E-state index contributed by atoms with van der Waals surface area (Å²) in [4.78, 5) is 27.1. The topological polar surface area (TPSA) is 63.4 Å². The van der Waals surface area contributed by atoms with Gasteiger partial charge in [-0.05, 0) is 41.5 Å². The maximum absolute atomic E-state index is 12.9. The van der Waals surface area contributed by atoms with Gasteiger partial charge < -0.3 is 5.73 Å². The van der Waals surface area contributed by atoms with E-state index in [4.69, 9.17) is 5.73 Å². The van der Waals surface area contributed by atoms with Crippen molar-refractivity contribution in [3.8, 4) is 11.1 Å². The number of rotatable bonds is 3. The molecule has 0 saturated heterocycles. The normalized spacial score (nSPS) is 17.4. The summed E-state index contributed by atoms with van der Waals surface area (Å²) in [5, 5.41) is 0. The second-order valence-corrected chi connectivity index (χ2v) is 7.42. The third-order valence-corrected chi connectivity index (χ3v) is 5.69. The molecule has 4 heteroatoms. The summed E-state index contributed by atoms with van der Waals surface area (Å²) < 4.78 is 0. The highest BCUT2D eigenvalue weighted by molar-refractivity contribution is 6.12. The molecule has 0 radical (unpaired) electrons. The van der Waals surface area contributed by atoms with Crippen molar-refractivity contribution in [2.45, 2.75) is 45.1 Å². The minimum atomic E-state index is -0.240. The van der Waals surface area contributed by atoms with Gasteiger partial charge in [0.15, 0.2) is 0 Å². The van der Waals surface area contributed by atoms with Gasteiger partial charge in [-0.1, -0.05) is 55.7 Å². The summed E-state index contributed by atoms with van der Waals surface area (Å²) in [6.07, 6.45) is 6.31. The molecule has 0 aromatic heterocycles. The number of nitrogen functional groups attached to an aromatic ring is 1. The molecule has 2 aromatic rings. The molecule has 134 valence electrons. The molecule has 0 unspecified atom stereocenters. The first kappa shape index (κ1) is 16.8. The Kier molecular flexibility index (Phi) is 4.49. The molecule has 2 aromatic carbocycles. The zero-order chi connectivity index (χ0) is 18.1. The molecule has 26 heavy (non-hydrogen) atoms. The van der Waals surface area contributed by atoms with E-state index in [9.17, 15) is 9.59 Å². The fraction of sp³-hybridized carbons (Fsp3) is 0.364. The van der Waals surface area contributed by atoms with E-state index in [1.807, 2.05) is 36.4 Å². The first-order valence-electron chi connectivity index (χ1n) is 9.46. The van der Waals surface area contributed by atoms with Gasteiger partial charge in [0.1, 0.15) is 0 Å². The van der Waals surface area contributed by atoms with Crippen LogP contribution < -0.4 is 5.73 Å². The highest BCUT2D eigenvalue weighted by Crippen LogP contribution is 2.37. The quantitative estimate of drug-likeness (QED) is 0.837. The van der Waals surface area contributed by atoms with Crippen molar-refractivity contribution in [2.24, 2.45) is 5.92 Å². The Morgan fingerprint density at radius 3 is 2.50 bits per heavy atom. The molecular formula is C22H24N2O2. The Morgan fingerprint density at radius 2 is 1.77 bits per heavy atom. The van der Waals surface area contributed by atoms with E-state index in [1.54, 1.807) is 6.07 Å². The van der Waals surface area contributed by atoms with E-state index in [2.05, 4.69) is 0 Å². The minimum Gasteiger partial charge on any atom is -0.398 e. The Labute approximate surface area is 154 Å². The fourth-order valence-corrected chi connectivity index (χ4v) is 4.29. The maximum Gasteiger partial charge on any atom is 0.263 e. The molecule has 1 aliphatic carbocycles. The number of fused-ring (bicyclic) bond motifs is 1. The number of hydrogen-bond donors (Lipinski definition) is 1. The molecule has 4 rings (SSSR count). The zero-order valence-electron chi connectivity index (χ0n) is 14.9. The minimum absolute atomic E-state index is 0.0588. The molecule has 4 nitrogen and oxygen atoms in total. The predicted octanol–water partition coefficient (Wildman–Crippen LogP) is 4.39. The standard InChI is InChI=1S/C22H24N2O2/c23-19-12-11-17(16-9-5-2-6-10-16)18-14-24(22(26)21(18)19)20(25)13-15-7-3-1-4-8-15/h2,5-6,9-12,15H,1,3-4,7-8,13-14,23H2. The first-order valence-corrected chi connectivity index (χ1v) is 9.46. The van der Waals surface area contributed by atoms with Crippen LogP contribution in [0.15, 0.2) is 42.5 Å². The molecule has 0 bridgehead atoms. The lowest BCUT2D eigenvalue weighted by Gasteiger charge is -2.23. The number of benzene rings is 2. The first-order chi connectivity index (χ1) is 12.6. The number of carbonyl (C=O) groups is 2. The summed E-state index contributed by atoms with van der Waals surface area (Å²) in [5.41, 5.74) is 9.95. The van der Waals surface area contributed by atoms with Crippen molar-refractivity contribution in [2.75, 3.05) is 5.73 Å². The third-order valence-electron chi connectivity index (χ3n) is 5.69. The number of nitrogens with two attached hydrogens (primary N) is 1. The van der Waals surface area contributed by atoms with Crippen LogP contribution >= 0.6 is 0 Å². The van der Waals surface area contributed by atoms with Crippen molar-refractivity contribution >= 4 is 17.5 Å². The van der Waals surface area contributed by atoms with Crippen LogP contribution in [0.4, 0.5) is 5.69 Å². The van der Waals surface area contributed by atoms with E-state index < -0.39 is 0 Å². The number of nitrogens with zero attached hydrogens (tertiary/aromatic N) is 1. The monoisotopic (exact) mass is 348 g/mol. The average Bonchev–Trinajstić information content (AvgIpc) is 3.02. The number of carbonyl (C=O) groups excluding carboxylic acids is 2. The molecule has 0 atom stereocenters. The van der Waals surface area contributed by atoms with Gasteiger partial charge in [-0.15, -0.1) is 0 Å². The number of amides is 2. The smallest absolute Gasteiger partial charge is 0.263 e. The Balaban J connectivity index is 1.62. The van der Waals surface area contributed by atoms with E-state index in [0.29, 0.717) is 30.1 Å². The van der Waals surface area contributed by atoms with Gasteiger partial charge in [0.05, 0.1) is 12.1 Å². The van der Waals surface area contributed by atoms with Crippen molar-refractivity contribution in [3.63, 3.8) is 0 Å². The van der Waals surface area contributed by atoms with E-state index in [-0.39, 0.29) is 11.8 Å². The molecule has 1 heterocycles. The van der Waals surface area contributed by atoms with Crippen LogP contribution in [0.25, 0.3) is 11.1 Å². The molecule has 1 saturated carbocycles. The number of hydrogen-bond acceptors (Lipinski definition) is 3. The van der Waals surface area contributed by atoms with Crippen LogP contribution in [0.3, 0.4) is 0 Å². The van der Waals surface area contributed by atoms with Crippen molar-refractivity contribution in [1.29, 1.82) is 0 Å². The van der Waals surface area contributed by atoms with Crippen LogP contribution in [0.5, 0.6) is 0 Å². The number of imide groups is 1. The lowest BCUT2D eigenvalue weighted by molar-refractivity contribution is -0.130. The second kappa shape index (κ2) is 6.94. The van der Waals surface area contributed by atoms with Gasteiger partial charge in [-0.2, -0.15) is 0 Å². The summed E-state index contributed by atoms with van der Waals surface area (Å²) in [5.74, 6) is 0.117. The number of anilines is 1. The van der Waals surface area contributed by atoms with Gasteiger partial charge in [0.2, 0.25) is 5.91 Å². The van der Waals surface area contributed by atoms with Crippen molar-refractivity contribution in [3.05, 3.63) is 53.6 Å². The third kappa shape index (κ3) is 3.00. The average molecular weight is 348 g/mol. The van der Waals surface area contributed by atoms with E-state index in [0.717, 1.165) is 29.5 Å². The van der Waals surface area contributed by atoms with Crippen molar-refractivity contribution < 1.29 is 9.59 Å². The van der Waals surface area contributed by atoms with Crippen LogP contribution in [0, 0.1) is 5.92 Å². The van der Waals surface area contributed by atoms with Crippen LogP contribution in [0.2, 0.25) is 0 Å². The van der Waals surface area contributed by atoms with Gasteiger partial charge >= 0.3 is 0 Å². The summed E-state index contributed by atoms with van der Waals surface area (Å²) in [7, 11) is 0. The summed E-state index contributed by atoms with van der Waals surface area (Å²) >= 11 is 0. The lowest BCUT2D eigenvalue weighted by Crippen LogP contribution is -2.33. The van der Waals surface area contributed by atoms with Gasteiger partial charge in [0.25, 0.3) is 5.91 Å². The SMILES string of the molecule is Nc1ccc(-c2ccccc2)c2c1C(=O)N(C(=O)CC1CCCCC1)C2. The van der Waals surface area contributed by atoms with E-state index in [1.165, 1.54) is 24.2 Å². The molecular weight excluding hydrogens is 324 g/mol. The van der Waals surface area contributed by atoms with Crippen LogP contribution in [0.1, 0.15) is 54.4 Å². The van der Waals surface area contributed by atoms with Crippen LogP contribution in [-0.4, -0.2) is 16.7 Å². The second-order valence-electron chi connectivity index (χ2n) is 7.42. The Bertz CT molecular complexity index is 839. The molecule has 0 spiro atoms. The molecule has 1 fully saturated rings. The van der Waals surface area contributed by atoms with Crippen molar-refractivity contribution in [1.82, 2.24) is 4.90 Å². The molecule has 1 aliphatic heterocycles. The van der Waals surface area contributed by atoms with Gasteiger partial charge in [-0.3, -0.25) is 14.5 Å². The molecule has 2 amide bonds. The highest BCUT2D eigenvalue weighted by Gasteiger charge is 2.36. The Hall–Kier alpha value is -2.62. The summed E-state index contributed by atoms with van der Waals surface area (Å²) in [6, 6.07) is 13.7. The Morgan fingerprint density at radius 1 is 1.04 bits per heavy atom. The lowest BCUT2D eigenvalue weighted by atomic mass is 9.86. The van der Waals surface area contributed by atoms with Gasteiger partial charge in [-0.25, -0.2) is 0 Å². The highest BCUT2D eigenvalue weighted by atomic mass is 16.2. The fourth-order valence-electron chi connectivity index (χ4n) is 4.29. The molecule has 2 aliphatic rings. The van der Waals surface area contributed by atoms with Crippen LogP contribution in [-0.2, 0) is 11.3 Å². The predicted molar refractivity (Wildman–Crippen MR) is 102 cm³/mol. The largest absolute Gasteiger partial charge is 0.398 e. The van der Waals surface area contributed by atoms with Gasteiger partial charge in [0, 0.05) is 12.1 Å². The van der Waals surface area contributed by atoms with E-state index >= 15 is 0 Å². The zero-order valence-corrected chi connectivity index (χ0v) is 14.9.